The molecule has 1 heterocycles. The van der Waals surface area contributed by atoms with E-state index in [-0.39, 0.29) is 16.7 Å². The summed E-state index contributed by atoms with van der Waals surface area (Å²) in [5, 5.41) is 0.215. The summed E-state index contributed by atoms with van der Waals surface area (Å²) in [6, 6.07) is 5.04. The highest BCUT2D eigenvalue weighted by Gasteiger charge is 2.06. The molecule has 3 nitrogen and oxygen atoms in total. The predicted molar refractivity (Wildman–Crippen MR) is 54.5 cm³/mol. The van der Waals surface area contributed by atoms with Crippen molar-refractivity contribution in [2.45, 2.75) is 6.92 Å². The van der Waals surface area contributed by atoms with E-state index in [4.69, 9.17) is 0 Å². The van der Waals surface area contributed by atoms with Crippen LogP contribution in [0.3, 0.4) is 0 Å². The van der Waals surface area contributed by atoms with Crippen LogP contribution in [0.15, 0.2) is 35.3 Å². The van der Waals surface area contributed by atoms with Gasteiger partial charge in [0, 0.05) is 24.6 Å². The van der Waals surface area contributed by atoms with Crippen LogP contribution < -0.4 is 5.43 Å². The molecule has 0 atom stereocenters. The first-order chi connectivity index (χ1) is 7.09. The summed E-state index contributed by atoms with van der Waals surface area (Å²) in [5.74, 6) is -0.701. The molecule has 0 saturated carbocycles. The Labute approximate surface area is 84.8 Å². The van der Waals surface area contributed by atoms with E-state index in [1.807, 2.05) is 0 Å². The number of hydrogen-bond donors (Lipinski definition) is 0. The van der Waals surface area contributed by atoms with Crippen LogP contribution in [0.5, 0.6) is 0 Å². The molecule has 2 aromatic rings. The van der Waals surface area contributed by atoms with Crippen molar-refractivity contribution in [2.75, 3.05) is 0 Å². The highest BCUT2D eigenvalue weighted by Crippen LogP contribution is 2.11. The third-order valence-corrected chi connectivity index (χ3v) is 2.20. The second-order valence-electron chi connectivity index (χ2n) is 3.23. The van der Waals surface area contributed by atoms with Crippen LogP contribution in [-0.2, 0) is 0 Å². The van der Waals surface area contributed by atoms with Crippen LogP contribution in [0.1, 0.15) is 11.7 Å². The van der Waals surface area contributed by atoms with Crippen molar-refractivity contribution < 1.29 is 9.18 Å². The van der Waals surface area contributed by atoms with Gasteiger partial charge >= 0.3 is 0 Å². The zero-order valence-electron chi connectivity index (χ0n) is 8.03. The first-order valence-corrected chi connectivity index (χ1v) is 4.41. The van der Waals surface area contributed by atoms with Crippen molar-refractivity contribution in [2.24, 2.45) is 0 Å². The number of rotatable bonds is 0. The van der Waals surface area contributed by atoms with Crippen LogP contribution in [0.25, 0.3) is 10.9 Å². The quantitative estimate of drug-likeness (QED) is 0.657. The van der Waals surface area contributed by atoms with E-state index < -0.39 is 5.82 Å². The molecule has 0 aliphatic heterocycles. The SMILES string of the molecule is CC(=O)n1ccc(=O)c2cc(F)ccc21. The minimum absolute atomic E-state index is 0.215. The van der Waals surface area contributed by atoms with Crippen LogP contribution in [0.4, 0.5) is 4.39 Å². The van der Waals surface area contributed by atoms with Gasteiger partial charge in [0.1, 0.15) is 5.82 Å². The lowest BCUT2D eigenvalue weighted by molar-refractivity contribution is 0.0941. The van der Waals surface area contributed by atoms with Gasteiger partial charge < -0.3 is 0 Å². The molecule has 1 aromatic carbocycles. The summed E-state index contributed by atoms with van der Waals surface area (Å²) in [7, 11) is 0. The normalized spacial score (nSPS) is 10.5. The van der Waals surface area contributed by atoms with Crippen molar-refractivity contribution >= 4 is 16.8 Å². The van der Waals surface area contributed by atoms with E-state index in [9.17, 15) is 14.0 Å². The second kappa shape index (κ2) is 3.31. The van der Waals surface area contributed by atoms with Crippen molar-refractivity contribution in [3.8, 4) is 0 Å². The van der Waals surface area contributed by atoms with Gasteiger partial charge in [0.2, 0.25) is 5.91 Å². The smallest absolute Gasteiger partial charge is 0.227 e. The van der Waals surface area contributed by atoms with Gasteiger partial charge in [-0.15, -0.1) is 0 Å². The summed E-state index contributed by atoms with van der Waals surface area (Å²) >= 11 is 0. The molecule has 0 aliphatic carbocycles. The van der Waals surface area contributed by atoms with Crippen LogP contribution in [0, 0.1) is 5.82 Å². The zero-order chi connectivity index (χ0) is 11.0. The maximum Gasteiger partial charge on any atom is 0.227 e. The average Bonchev–Trinajstić information content (AvgIpc) is 2.19. The van der Waals surface area contributed by atoms with Gasteiger partial charge in [0.25, 0.3) is 0 Å². The monoisotopic (exact) mass is 205 g/mol. The van der Waals surface area contributed by atoms with E-state index in [1.54, 1.807) is 0 Å². The van der Waals surface area contributed by atoms with E-state index in [2.05, 4.69) is 0 Å². The molecule has 0 bridgehead atoms. The Kier molecular flexibility index (Phi) is 2.11. The third kappa shape index (κ3) is 1.54. The summed E-state index contributed by atoms with van der Waals surface area (Å²) in [4.78, 5) is 22.6. The number of hydrogen-bond acceptors (Lipinski definition) is 2. The number of pyridine rings is 1. The highest BCUT2D eigenvalue weighted by molar-refractivity contribution is 5.89. The molecule has 15 heavy (non-hydrogen) atoms. The lowest BCUT2D eigenvalue weighted by Crippen LogP contribution is -2.12. The Balaban J connectivity index is 2.95. The molecule has 0 unspecified atom stereocenters. The van der Waals surface area contributed by atoms with Gasteiger partial charge in [-0.05, 0) is 18.2 Å². The average molecular weight is 205 g/mol. The summed E-state index contributed by atoms with van der Waals surface area (Å²) in [6.45, 7) is 1.38. The minimum atomic E-state index is -0.485. The summed E-state index contributed by atoms with van der Waals surface area (Å²) < 4.78 is 14.2. The molecule has 0 fully saturated rings. The molecule has 1 aromatic heterocycles. The highest BCUT2D eigenvalue weighted by atomic mass is 19.1. The van der Waals surface area contributed by atoms with Crippen LogP contribution >= 0.6 is 0 Å². The van der Waals surface area contributed by atoms with Crippen LogP contribution in [-0.4, -0.2) is 10.5 Å². The Bertz CT molecular complexity index is 601. The Morgan fingerprint density at radius 3 is 2.73 bits per heavy atom. The number of aromatic nitrogens is 1. The number of halogens is 1. The molecule has 0 N–H and O–H groups in total. The topological polar surface area (TPSA) is 39.1 Å². The Morgan fingerprint density at radius 2 is 2.07 bits per heavy atom. The van der Waals surface area contributed by atoms with Crippen LogP contribution in [0.2, 0.25) is 0 Å². The summed E-state index contributed by atoms with van der Waals surface area (Å²) in [5.41, 5.74) is 0.137. The molecule has 0 aliphatic rings. The van der Waals surface area contributed by atoms with Crippen molar-refractivity contribution in [1.82, 2.24) is 4.57 Å². The zero-order valence-corrected chi connectivity index (χ0v) is 8.03. The molecule has 4 heteroatoms. The molecule has 0 saturated heterocycles. The maximum atomic E-state index is 12.9. The molecular weight excluding hydrogens is 197 g/mol. The number of carbonyl (C=O) groups is 1. The second-order valence-corrected chi connectivity index (χ2v) is 3.23. The first-order valence-electron chi connectivity index (χ1n) is 4.41. The van der Waals surface area contributed by atoms with E-state index in [0.717, 1.165) is 6.07 Å². The number of carbonyl (C=O) groups excluding carboxylic acids is 1. The molecule has 0 amide bonds. The molecule has 2 rings (SSSR count). The van der Waals surface area contributed by atoms with Gasteiger partial charge in [0.15, 0.2) is 5.43 Å². The molecule has 0 radical (unpaired) electrons. The fourth-order valence-corrected chi connectivity index (χ4v) is 1.50. The van der Waals surface area contributed by atoms with Crippen molar-refractivity contribution in [1.29, 1.82) is 0 Å². The predicted octanol–water partition coefficient (Wildman–Crippen LogP) is 1.80. The lowest BCUT2D eigenvalue weighted by atomic mass is 10.2. The Hall–Kier alpha value is -1.97. The Morgan fingerprint density at radius 1 is 1.33 bits per heavy atom. The molecular formula is C11H8FNO2. The van der Waals surface area contributed by atoms with Gasteiger partial charge in [-0.3, -0.25) is 14.2 Å². The lowest BCUT2D eigenvalue weighted by Gasteiger charge is -2.05. The van der Waals surface area contributed by atoms with Gasteiger partial charge in [-0.2, -0.15) is 0 Å². The largest absolute Gasteiger partial charge is 0.289 e. The first kappa shape index (κ1) is 9.58. The number of benzene rings is 1. The minimum Gasteiger partial charge on any atom is -0.289 e. The number of nitrogens with zero attached hydrogens (tertiary/aromatic N) is 1. The van der Waals surface area contributed by atoms with E-state index >= 15 is 0 Å². The van der Waals surface area contributed by atoms with Crippen molar-refractivity contribution in [3.05, 3.63) is 46.5 Å². The van der Waals surface area contributed by atoms with Gasteiger partial charge in [-0.25, -0.2) is 4.39 Å². The molecule has 0 spiro atoms. The summed E-state index contributed by atoms with van der Waals surface area (Å²) in [6.07, 6.45) is 1.39. The fourth-order valence-electron chi connectivity index (χ4n) is 1.50. The fraction of sp³-hybridized carbons (Fsp3) is 0.0909. The third-order valence-electron chi connectivity index (χ3n) is 2.20. The maximum absolute atomic E-state index is 12.9. The van der Waals surface area contributed by atoms with Gasteiger partial charge in [0.05, 0.1) is 5.52 Å². The van der Waals surface area contributed by atoms with E-state index in [0.29, 0.717) is 5.52 Å². The standard InChI is InChI=1S/C11H8FNO2/c1-7(14)13-5-4-11(15)9-6-8(12)2-3-10(9)13/h2-6H,1H3. The van der Waals surface area contributed by atoms with Crippen molar-refractivity contribution in [3.63, 3.8) is 0 Å². The number of fused-ring (bicyclic) bond motifs is 1. The molecule has 76 valence electrons. The van der Waals surface area contributed by atoms with E-state index in [1.165, 1.54) is 35.9 Å². The van der Waals surface area contributed by atoms with Gasteiger partial charge in [-0.1, -0.05) is 0 Å².